The van der Waals surface area contributed by atoms with Gasteiger partial charge in [-0.25, -0.2) is 0 Å². The molecule has 4 aromatic carbocycles. The number of hydrogen-bond donors (Lipinski definition) is 0. The zero-order valence-electron chi connectivity index (χ0n) is 26.3. The number of fused-ring (bicyclic) bond motifs is 6. The van der Waals surface area contributed by atoms with Gasteiger partial charge in [-0.15, -0.1) is 0 Å². The average Bonchev–Trinajstić information content (AvgIpc) is 3.65. The fraction of sp³-hybridized carbons (Fsp3) is 0.171. The number of furan rings is 2. The molecule has 46 heavy (non-hydrogen) atoms. The molecule has 4 heterocycles. The van der Waals surface area contributed by atoms with E-state index in [0.29, 0.717) is 5.92 Å². The highest BCUT2D eigenvalue weighted by molar-refractivity contribution is 6.06. The number of aromatic nitrogens is 2. The number of benzene rings is 4. The minimum Gasteiger partial charge on any atom is -0.454 e. The Kier molecular flexibility index (Phi) is 7.02. The Hall–Kier alpha value is -5.42. The molecule has 5 heteroatoms. The van der Waals surface area contributed by atoms with Crippen LogP contribution in [0.5, 0.6) is 0 Å². The van der Waals surface area contributed by atoms with Crippen LogP contribution in [-0.4, -0.2) is 16.0 Å². The Morgan fingerprint density at radius 1 is 0.522 bits per heavy atom. The number of rotatable bonds is 8. The molecule has 1 atom stereocenters. The second-order valence-corrected chi connectivity index (χ2v) is 12.6. The van der Waals surface area contributed by atoms with Crippen molar-refractivity contribution in [3.63, 3.8) is 0 Å². The minimum atomic E-state index is 0.273. The van der Waals surface area contributed by atoms with Crippen molar-refractivity contribution in [1.29, 1.82) is 0 Å². The summed E-state index contributed by atoms with van der Waals surface area (Å²) in [7, 11) is 0. The van der Waals surface area contributed by atoms with Crippen LogP contribution < -0.4 is 4.90 Å². The van der Waals surface area contributed by atoms with E-state index in [9.17, 15) is 0 Å². The van der Waals surface area contributed by atoms with Crippen LogP contribution in [0.3, 0.4) is 0 Å². The molecule has 0 aliphatic carbocycles. The van der Waals surface area contributed by atoms with Crippen LogP contribution in [-0.2, 0) is 0 Å². The SMILES string of the molecule is CC(C)CCC(C)N(c1cccc(-c2cc3c(cn2)oc2ccccc23)c1)c1cccc(-c2cc3c(cn2)oc2ccccc23)c1. The lowest BCUT2D eigenvalue weighted by Gasteiger charge is -2.33. The zero-order valence-corrected chi connectivity index (χ0v) is 26.3. The topological polar surface area (TPSA) is 55.3 Å². The summed E-state index contributed by atoms with van der Waals surface area (Å²) in [4.78, 5) is 12.1. The number of nitrogens with zero attached hydrogens (tertiary/aromatic N) is 3. The molecule has 8 rings (SSSR count). The van der Waals surface area contributed by atoms with Crippen LogP contribution >= 0.6 is 0 Å². The van der Waals surface area contributed by atoms with Gasteiger partial charge in [0.05, 0.1) is 23.8 Å². The van der Waals surface area contributed by atoms with Crippen molar-refractivity contribution in [2.75, 3.05) is 4.90 Å². The Morgan fingerprint density at radius 3 is 1.52 bits per heavy atom. The van der Waals surface area contributed by atoms with Crippen LogP contribution in [0.25, 0.3) is 66.4 Å². The first-order valence-corrected chi connectivity index (χ1v) is 16.1. The van der Waals surface area contributed by atoms with Gasteiger partial charge in [0, 0.05) is 50.1 Å². The molecular formula is C41H35N3O2. The molecule has 0 spiro atoms. The molecule has 0 bridgehead atoms. The Bertz CT molecular complexity index is 2190. The largest absolute Gasteiger partial charge is 0.454 e. The standard InChI is InChI=1S/C41H35N3O2/c1-26(2)18-19-27(3)44(30-12-8-10-28(20-30)36-22-34-32-14-4-6-16-38(32)45-40(34)24-42-36)31-13-9-11-29(21-31)37-23-35-33-15-5-7-17-39(33)46-41(35)25-43-37/h4-17,20-27H,18-19H2,1-3H3. The van der Waals surface area contributed by atoms with Crippen molar-refractivity contribution >= 4 is 55.3 Å². The highest BCUT2D eigenvalue weighted by atomic mass is 16.3. The fourth-order valence-electron chi connectivity index (χ4n) is 6.57. The monoisotopic (exact) mass is 601 g/mol. The first kappa shape index (κ1) is 28.1. The molecule has 0 fully saturated rings. The van der Waals surface area contributed by atoms with Gasteiger partial charge >= 0.3 is 0 Å². The third kappa shape index (κ3) is 5.08. The third-order valence-electron chi connectivity index (χ3n) is 8.97. The number of pyridine rings is 2. The van der Waals surface area contributed by atoms with Gasteiger partial charge in [0.2, 0.25) is 0 Å². The summed E-state index contributed by atoms with van der Waals surface area (Å²) < 4.78 is 12.1. The Balaban J connectivity index is 1.20. The van der Waals surface area contributed by atoms with E-state index >= 15 is 0 Å². The van der Waals surface area contributed by atoms with Gasteiger partial charge < -0.3 is 13.7 Å². The van der Waals surface area contributed by atoms with E-state index in [2.05, 4.69) is 98.5 Å². The molecule has 0 amide bonds. The highest BCUT2D eigenvalue weighted by Crippen LogP contribution is 2.37. The lowest BCUT2D eigenvalue weighted by Crippen LogP contribution is -2.28. The van der Waals surface area contributed by atoms with Crippen molar-refractivity contribution < 1.29 is 8.83 Å². The molecule has 5 nitrogen and oxygen atoms in total. The summed E-state index contributed by atoms with van der Waals surface area (Å²) in [5.74, 6) is 0.628. The smallest absolute Gasteiger partial charge is 0.153 e. The summed E-state index contributed by atoms with van der Waals surface area (Å²) in [5.41, 5.74) is 9.62. The highest BCUT2D eigenvalue weighted by Gasteiger charge is 2.20. The van der Waals surface area contributed by atoms with E-state index in [1.54, 1.807) is 0 Å². The number of hydrogen-bond acceptors (Lipinski definition) is 5. The predicted octanol–water partition coefficient (Wildman–Crippen LogP) is 11.6. The molecule has 4 aromatic heterocycles. The fourth-order valence-corrected chi connectivity index (χ4v) is 6.57. The summed E-state index contributed by atoms with van der Waals surface area (Å²) >= 11 is 0. The maximum Gasteiger partial charge on any atom is 0.153 e. The van der Waals surface area contributed by atoms with Crippen molar-refractivity contribution in [1.82, 2.24) is 9.97 Å². The van der Waals surface area contributed by atoms with Gasteiger partial charge in [-0.2, -0.15) is 0 Å². The normalized spacial score (nSPS) is 12.5. The molecule has 0 N–H and O–H groups in total. The van der Waals surface area contributed by atoms with E-state index in [0.717, 1.165) is 90.6 Å². The van der Waals surface area contributed by atoms with E-state index in [4.69, 9.17) is 18.8 Å². The van der Waals surface area contributed by atoms with Gasteiger partial charge in [0.15, 0.2) is 11.2 Å². The molecule has 0 saturated heterocycles. The summed E-state index contributed by atoms with van der Waals surface area (Å²) in [6.45, 7) is 6.91. The van der Waals surface area contributed by atoms with Crippen LogP contribution in [0.15, 0.2) is 130 Å². The lowest BCUT2D eigenvalue weighted by molar-refractivity contribution is 0.509. The lowest BCUT2D eigenvalue weighted by atomic mass is 10.0. The van der Waals surface area contributed by atoms with Gasteiger partial charge in [0.25, 0.3) is 0 Å². The van der Waals surface area contributed by atoms with Crippen molar-refractivity contribution in [2.24, 2.45) is 5.92 Å². The van der Waals surface area contributed by atoms with E-state index in [1.165, 1.54) is 0 Å². The van der Waals surface area contributed by atoms with Gasteiger partial charge in [-0.3, -0.25) is 9.97 Å². The van der Waals surface area contributed by atoms with Gasteiger partial charge in [0.1, 0.15) is 11.2 Å². The van der Waals surface area contributed by atoms with Gasteiger partial charge in [-0.1, -0.05) is 74.5 Å². The van der Waals surface area contributed by atoms with Crippen LogP contribution in [0.1, 0.15) is 33.6 Å². The quantitative estimate of drug-likeness (QED) is 0.173. The molecule has 8 aromatic rings. The van der Waals surface area contributed by atoms with E-state index < -0.39 is 0 Å². The first-order chi connectivity index (χ1) is 22.5. The average molecular weight is 602 g/mol. The molecule has 1 unspecified atom stereocenters. The Morgan fingerprint density at radius 2 is 1.02 bits per heavy atom. The van der Waals surface area contributed by atoms with E-state index in [-0.39, 0.29) is 6.04 Å². The third-order valence-corrected chi connectivity index (χ3v) is 8.97. The second kappa shape index (κ2) is 11.5. The maximum absolute atomic E-state index is 6.05. The maximum atomic E-state index is 6.05. The van der Waals surface area contributed by atoms with E-state index in [1.807, 2.05) is 48.8 Å². The summed E-state index contributed by atoms with van der Waals surface area (Å²) in [5, 5.41) is 4.37. The predicted molar refractivity (Wildman–Crippen MR) is 190 cm³/mol. The zero-order chi connectivity index (χ0) is 31.2. The Labute approximate surface area is 268 Å². The molecule has 0 aliphatic rings. The molecule has 0 aliphatic heterocycles. The molecular weight excluding hydrogens is 566 g/mol. The summed E-state index contributed by atoms with van der Waals surface area (Å²) in [6.07, 6.45) is 5.91. The minimum absolute atomic E-state index is 0.273. The second-order valence-electron chi connectivity index (χ2n) is 12.6. The molecule has 226 valence electrons. The first-order valence-electron chi connectivity index (χ1n) is 16.1. The van der Waals surface area contributed by atoms with Gasteiger partial charge in [-0.05, 0) is 74.2 Å². The van der Waals surface area contributed by atoms with Crippen molar-refractivity contribution in [3.8, 4) is 22.5 Å². The summed E-state index contributed by atoms with van der Waals surface area (Å²) in [6, 6.07) is 38.4. The molecule has 0 radical (unpaired) electrons. The molecule has 0 saturated carbocycles. The van der Waals surface area contributed by atoms with Crippen LogP contribution in [0.4, 0.5) is 11.4 Å². The van der Waals surface area contributed by atoms with Crippen LogP contribution in [0.2, 0.25) is 0 Å². The van der Waals surface area contributed by atoms with Crippen molar-refractivity contribution in [2.45, 2.75) is 39.7 Å². The number of anilines is 2. The number of para-hydroxylation sites is 2. The van der Waals surface area contributed by atoms with Crippen LogP contribution in [0, 0.1) is 5.92 Å². The van der Waals surface area contributed by atoms with Crippen molar-refractivity contribution in [3.05, 3.63) is 122 Å².